The van der Waals surface area contributed by atoms with Crippen LogP contribution in [0.25, 0.3) is 0 Å². The molecule has 0 spiro atoms. The molecule has 1 N–H and O–H groups in total. The largest absolute Gasteiger partial charge is 0.456 e. The molecule has 1 atom stereocenters. The van der Waals surface area contributed by atoms with Gasteiger partial charge in [0.1, 0.15) is 5.76 Å². The van der Waals surface area contributed by atoms with Crippen molar-refractivity contribution in [2.24, 2.45) is 0 Å². The lowest BCUT2D eigenvalue weighted by molar-refractivity contribution is 0.0995. The van der Waals surface area contributed by atoms with Gasteiger partial charge in [-0.2, -0.15) is 4.31 Å². The summed E-state index contributed by atoms with van der Waals surface area (Å²) >= 11 is 0. The third kappa shape index (κ3) is 3.83. The number of piperidine rings is 1. The lowest BCUT2D eigenvalue weighted by Crippen LogP contribution is -2.43. The fraction of sp³-hybridized carbons (Fsp3) is 0.421. The molecule has 1 fully saturated rings. The lowest BCUT2D eigenvalue weighted by atomic mass is 10.0. The third-order valence-corrected chi connectivity index (χ3v) is 6.69. The minimum atomic E-state index is -3.52. The van der Waals surface area contributed by atoms with E-state index in [0.29, 0.717) is 18.0 Å². The molecule has 0 bridgehead atoms. The van der Waals surface area contributed by atoms with Crippen molar-refractivity contribution in [2.45, 2.75) is 50.5 Å². The van der Waals surface area contributed by atoms with Gasteiger partial charge in [-0.1, -0.05) is 13.3 Å². The van der Waals surface area contributed by atoms with Gasteiger partial charge in [-0.3, -0.25) is 4.79 Å². The number of rotatable bonds is 5. The van der Waals surface area contributed by atoms with Crippen molar-refractivity contribution in [1.29, 1.82) is 0 Å². The van der Waals surface area contributed by atoms with Gasteiger partial charge >= 0.3 is 0 Å². The molecule has 1 saturated heterocycles. The van der Waals surface area contributed by atoms with Gasteiger partial charge in [-0.05, 0) is 62.6 Å². The average molecular weight is 376 g/mol. The maximum Gasteiger partial charge on any atom is 0.291 e. The molecule has 1 aliphatic heterocycles. The van der Waals surface area contributed by atoms with Crippen LogP contribution in [0.5, 0.6) is 0 Å². The Labute approximate surface area is 154 Å². The number of benzene rings is 1. The molecule has 6 nitrogen and oxygen atoms in total. The van der Waals surface area contributed by atoms with Gasteiger partial charge in [0.25, 0.3) is 5.91 Å². The minimum Gasteiger partial charge on any atom is -0.456 e. The number of nitrogens with zero attached hydrogens (tertiary/aromatic N) is 1. The summed E-state index contributed by atoms with van der Waals surface area (Å²) in [6.07, 6.45) is 3.69. The standard InChI is InChI=1S/C19H24N2O4S/c1-3-16-6-4-5-13-21(16)26(23,24)17-10-8-15(9-11-17)20-19(22)18-12-7-14(2)25-18/h7-12,16H,3-6,13H2,1-2H3,(H,20,22)/t16-/m0/s1. The molecule has 7 heteroatoms. The molecular formula is C19H24N2O4S. The van der Waals surface area contributed by atoms with E-state index < -0.39 is 10.0 Å². The van der Waals surface area contributed by atoms with E-state index in [-0.39, 0.29) is 22.6 Å². The molecule has 1 aromatic carbocycles. The second kappa shape index (κ2) is 7.63. The van der Waals surface area contributed by atoms with Gasteiger partial charge < -0.3 is 9.73 Å². The second-order valence-corrected chi connectivity index (χ2v) is 8.45. The first-order valence-corrected chi connectivity index (χ1v) is 10.4. The number of furan rings is 1. The highest BCUT2D eigenvalue weighted by atomic mass is 32.2. The Morgan fingerprint density at radius 2 is 1.92 bits per heavy atom. The molecule has 2 heterocycles. The van der Waals surface area contributed by atoms with Crippen LogP contribution >= 0.6 is 0 Å². The molecule has 1 aromatic heterocycles. The van der Waals surface area contributed by atoms with Crippen LogP contribution in [-0.2, 0) is 10.0 Å². The summed E-state index contributed by atoms with van der Waals surface area (Å²) in [6, 6.07) is 9.67. The molecule has 3 rings (SSSR count). The van der Waals surface area contributed by atoms with Gasteiger partial charge in [-0.15, -0.1) is 0 Å². The fourth-order valence-electron chi connectivity index (χ4n) is 3.29. The lowest BCUT2D eigenvalue weighted by Gasteiger charge is -2.34. The zero-order valence-electron chi connectivity index (χ0n) is 15.1. The van der Waals surface area contributed by atoms with Crippen molar-refractivity contribution < 1.29 is 17.6 Å². The summed E-state index contributed by atoms with van der Waals surface area (Å²) < 4.78 is 32.8. The Morgan fingerprint density at radius 3 is 2.54 bits per heavy atom. The van der Waals surface area contributed by atoms with E-state index >= 15 is 0 Å². The maximum atomic E-state index is 12.9. The smallest absolute Gasteiger partial charge is 0.291 e. The van der Waals surface area contributed by atoms with Crippen LogP contribution in [0.4, 0.5) is 5.69 Å². The van der Waals surface area contributed by atoms with Gasteiger partial charge in [0, 0.05) is 18.3 Å². The van der Waals surface area contributed by atoms with Crippen LogP contribution in [0.1, 0.15) is 48.9 Å². The number of amides is 1. The zero-order chi connectivity index (χ0) is 18.7. The van der Waals surface area contributed by atoms with Crippen molar-refractivity contribution in [3.05, 3.63) is 47.9 Å². The SMILES string of the molecule is CC[C@H]1CCCCN1S(=O)(=O)c1ccc(NC(=O)c2ccc(C)o2)cc1. The monoisotopic (exact) mass is 376 g/mol. The van der Waals surface area contributed by atoms with Crippen LogP contribution in [0.2, 0.25) is 0 Å². The van der Waals surface area contributed by atoms with E-state index in [2.05, 4.69) is 5.32 Å². The number of nitrogens with one attached hydrogen (secondary N) is 1. The van der Waals surface area contributed by atoms with Crippen LogP contribution in [0, 0.1) is 6.92 Å². The molecular weight excluding hydrogens is 352 g/mol. The van der Waals surface area contributed by atoms with Crippen molar-refractivity contribution >= 4 is 21.6 Å². The molecule has 0 saturated carbocycles. The number of hydrogen-bond donors (Lipinski definition) is 1. The quantitative estimate of drug-likeness (QED) is 0.861. The number of sulfonamides is 1. The van der Waals surface area contributed by atoms with E-state index in [0.717, 1.165) is 25.7 Å². The molecule has 0 unspecified atom stereocenters. The van der Waals surface area contributed by atoms with E-state index in [9.17, 15) is 13.2 Å². The fourth-order valence-corrected chi connectivity index (χ4v) is 5.06. The zero-order valence-corrected chi connectivity index (χ0v) is 15.9. The van der Waals surface area contributed by atoms with Crippen molar-refractivity contribution in [1.82, 2.24) is 4.31 Å². The van der Waals surface area contributed by atoms with Crippen molar-refractivity contribution in [2.75, 3.05) is 11.9 Å². The van der Waals surface area contributed by atoms with Crippen LogP contribution in [0.3, 0.4) is 0 Å². The Bertz CT molecular complexity index is 871. The summed E-state index contributed by atoms with van der Waals surface area (Å²) in [6.45, 7) is 4.35. The Balaban J connectivity index is 1.75. The summed E-state index contributed by atoms with van der Waals surface area (Å²) in [5.41, 5.74) is 0.522. The van der Waals surface area contributed by atoms with Gasteiger partial charge in [-0.25, -0.2) is 8.42 Å². The molecule has 1 aliphatic rings. The van der Waals surface area contributed by atoms with E-state index in [1.54, 1.807) is 47.6 Å². The van der Waals surface area contributed by atoms with Gasteiger partial charge in [0.15, 0.2) is 5.76 Å². The van der Waals surface area contributed by atoms with Crippen molar-refractivity contribution in [3.8, 4) is 0 Å². The predicted octanol–water partition coefficient (Wildman–Crippen LogP) is 3.79. The molecule has 140 valence electrons. The topological polar surface area (TPSA) is 79.6 Å². The molecule has 26 heavy (non-hydrogen) atoms. The summed E-state index contributed by atoms with van der Waals surface area (Å²) in [4.78, 5) is 12.4. The Morgan fingerprint density at radius 1 is 1.19 bits per heavy atom. The maximum absolute atomic E-state index is 12.9. The van der Waals surface area contributed by atoms with Crippen LogP contribution in [-0.4, -0.2) is 31.2 Å². The van der Waals surface area contributed by atoms with E-state index in [1.807, 2.05) is 6.92 Å². The molecule has 2 aromatic rings. The van der Waals surface area contributed by atoms with Crippen LogP contribution < -0.4 is 5.32 Å². The number of carbonyl (C=O) groups excluding carboxylic acids is 1. The second-order valence-electron chi connectivity index (χ2n) is 6.56. The third-order valence-electron chi connectivity index (χ3n) is 4.73. The van der Waals surface area contributed by atoms with Crippen molar-refractivity contribution in [3.63, 3.8) is 0 Å². The predicted molar refractivity (Wildman–Crippen MR) is 99.7 cm³/mol. The molecule has 1 amide bonds. The first-order valence-electron chi connectivity index (χ1n) is 8.91. The molecule has 0 radical (unpaired) electrons. The summed E-state index contributed by atoms with van der Waals surface area (Å²) in [7, 11) is -3.52. The Kier molecular flexibility index (Phi) is 5.48. The first-order chi connectivity index (χ1) is 12.4. The van der Waals surface area contributed by atoms with Gasteiger partial charge in [0.2, 0.25) is 10.0 Å². The Hall–Kier alpha value is -2.12. The number of aryl methyl sites for hydroxylation is 1. The van der Waals surface area contributed by atoms with E-state index in [1.165, 1.54) is 0 Å². The highest BCUT2D eigenvalue weighted by molar-refractivity contribution is 7.89. The number of carbonyl (C=O) groups is 1. The summed E-state index contributed by atoms with van der Waals surface area (Å²) in [5.74, 6) is 0.512. The molecule has 0 aliphatic carbocycles. The average Bonchev–Trinajstić information content (AvgIpc) is 3.08. The van der Waals surface area contributed by atoms with Crippen LogP contribution in [0.15, 0.2) is 45.7 Å². The normalized spacial score (nSPS) is 18.6. The van der Waals surface area contributed by atoms with E-state index in [4.69, 9.17) is 4.42 Å². The van der Waals surface area contributed by atoms with Gasteiger partial charge in [0.05, 0.1) is 4.90 Å². The highest BCUT2D eigenvalue weighted by Gasteiger charge is 2.32. The summed E-state index contributed by atoms with van der Waals surface area (Å²) in [5, 5.41) is 2.71. The highest BCUT2D eigenvalue weighted by Crippen LogP contribution is 2.27. The minimum absolute atomic E-state index is 0.0651. The first kappa shape index (κ1) is 18.7. The number of hydrogen-bond acceptors (Lipinski definition) is 4. The number of anilines is 1.